The summed E-state index contributed by atoms with van der Waals surface area (Å²) in [7, 11) is 0. The van der Waals surface area contributed by atoms with Crippen molar-refractivity contribution in [2.75, 3.05) is 0 Å². The van der Waals surface area contributed by atoms with E-state index in [1.165, 1.54) is 6.20 Å². The number of carboxylic acid groups (broad SMARTS) is 1. The molecule has 0 saturated heterocycles. The number of carboxylic acids is 1. The lowest BCUT2D eigenvalue weighted by Crippen LogP contribution is -2.02. The van der Waals surface area contributed by atoms with E-state index >= 15 is 0 Å². The van der Waals surface area contributed by atoms with E-state index in [1.54, 1.807) is 42.5 Å². The summed E-state index contributed by atoms with van der Waals surface area (Å²) in [6.07, 6.45) is 1.22. The number of phenolic OH excluding ortho intramolecular Hbond substituents is 1. The number of para-hydroxylation sites is 2. The molecule has 5 heteroatoms. The summed E-state index contributed by atoms with van der Waals surface area (Å²) in [5, 5.41) is 18.9. The van der Waals surface area contributed by atoms with Crippen molar-refractivity contribution in [3.8, 4) is 16.9 Å². The zero-order chi connectivity index (χ0) is 14.1. The number of aromatic nitrogens is 2. The maximum atomic E-state index is 11.0. The van der Waals surface area contributed by atoms with Crippen LogP contribution in [0.2, 0.25) is 0 Å². The highest BCUT2D eigenvalue weighted by Gasteiger charge is 2.12. The van der Waals surface area contributed by atoms with Gasteiger partial charge in [-0.1, -0.05) is 30.3 Å². The summed E-state index contributed by atoms with van der Waals surface area (Å²) < 4.78 is 0. The molecule has 0 spiro atoms. The third-order valence-electron chi connectivity index (χ3n) is 2.99. The van der Waals surface area contributed by atoms with Crippen LogP contribution in [0.15, 0.2) is 48.7 Å². The van der Waals surface area contributed by atoms with Gasteiger partial charge < -0.3 is 10.2 Å². The fraction of sp³-hybridized carbons (Fsp3) is 0. The topological polar surface area (TPSA) is 83.3 Å². The standard InChI is InChI=1S/C15H10N2O3/c18-13-7-2-1-4-9(13)10-5-3-6-11-14(10)17-12(8-16-11)15(19)20/h1-8,18H,(H,19,20). The maximum Gasteiger partial charge on any atom is 0.356 e. The highest BCUT2D eigenvalue weighted by Crippen LogP contribution is 2.32. The summed E-state index contributed by atoms with van der Waals surface area (Å²) >= 11 is 0. The molecule has 0 bridgehead atoms. The number of aromatic hydroxyl groups is 1. The van der Waals surface area contributed by atoms with Crippen LogP contribution in [-0.4, -0.2) is 26.2 Å². The van der Waals surface area contributed by atoms with Gasteiger partial charge in [0, 0.05) is 11.1 Å². The van der Waals surface area contributed by atoms with Crippen LogP contribution in [-0.2, 0) is 0 Å². The molecule has 3 rings (SSSR count). The van der Waals surface area contributed by atoms with Gasteiger partial charge in [-0.25, -0.2) is 9.78 Å². The molecular formula is C15H10N2O3. The molecule has 0 radical (unpaired) electrons. The molecule has 0 unspecified atom stereocenters. The number of hydrogen-bond acceptors (Lipinski definition) is 4. The molecule has 0 atom stereocenters. The van der Waals surface area contributed by atoms with Gasteiger partial charge in [-0.2, -0.15) is 0 Å². The molecular weight excluding hydrogens is 256 g/mol. The summed E-state index contributed by atoms with van der Waals surface area (Å²) in [4.78, 5) is 19.2. The highest BCUT2D eigenvalue weighted by molar-refractivity contribution is 5.95. The summed E-state index contributed by atoms with van der Waals surface area (Å²) in [5.41, 5.74) is 2.15. The van der Waals surface area contributed by atoms with Crippen molar-refractivity contribution in [2.24, 2.45) is 0 Å². The molecule has 20 heavy (non-hydrogen) atoms. The third kappa shape index (κ3) is 1.95. The van der Waals surface area contributed by atoms with Crippen molar-refractivity contribution in [3.63, 3.8) is 0 Å². The lowest BCUT2D eigenvalue weighted by Gasteiger charge is -2.07. The SMILES string of the molecule is O=C(O)c1cnc2cccc(-c3ccccc3O)c2n1. The zero-order valence-electron chi connectivity index (χ0n) is 10.3. The second kappa shape index (κ2) is 4.62. The van der Waals surface area contributed by atoms with Crippen molar-refractivity contribution in [2.45, 2.75) is 0 Å². The van der Waals surface area contributed by atoms with E-state index in [9.17, 15) is 9.90 Å². The molecule has 2 N–H and O–H groups in total. The number of carbonyl (C=O) groups is 1. The van der Waals surface area contributed by atoms with Gasteiger partial charge in [0.25, 0.3) is 0 Å². The van der Waals surface area contributed by atoms with E-state index in [0.717, 1.165) is 0 Å². The molecule has 98 valence electrons. The Bertz CT molecular complexity index is 815. The van der Waals surface area contributed by atoms with Crippen molar-refractivity contribution in [3.05, 3.63) is 54.4 Å². The van der Waals surface area contributed by atoms with Crippen LogP contribution in [0.1, 0.15) is 10.5 Å². The predicted octanol–water partition coefficient (Wildman–Crippen LogP) is 2.70. The summed E-state index contributed by atoms with van der Waals surface area (Å²) in [6.45, 7) is 0. The van der Waals surface area contributed by atoms with Crippen LogP contribution in [0.5, 0.6) is 5.75 Å². The number of nitrogens with zero attached hydrogens (tertiary/aromatic N) is 2. The molecule has 0 aliphatic heterocycles. The summed E-state index contributed by atoms with van der Waals surface area (Å²) in [6, 6.07) is 12.1. The first-order valence-electron chi connectivity index (χ1n) is 5.94. The van der Waals surface area contributed by atoms with Gasteiger partial charge in [0.05, 0.1) is 17.2 Å². The minimum atomic E-state index is -1.13. The minimum absolute atomic E-state index is 0.113. The van der Waals surface area contributed by atoms with Crippen molar-refractivity contribution < 1.29 is 15.0 Å². The first kappa shape index (κ1) is 12.1. The number of hydrogen-bond donors (Lipinski definition) is 2. The minimum Gasteiger partial charge on any atom is -0.507 e. The van der Waals surface area contributed by atoms with Gasteiger partial charge in [-0.3, -0.25) is 4.98 Å². The molecule has 0 aliphatic carbocycles. The van der Waals surface area contributed by atoms with Crippen LogP contribution in [0, 0.1) is 0 Å². The Hall–Kier alpha value is -2.95. The van der Waals surface area contributed by atoms with Crippen molar-refractivity contribution in [1.82, 2.24) is 9.97 Å². The molecule has 3 aromatic rings. The largest absolute Gasteiger partial charge is 0.507 e. The average molecular weight is 266 g/mol. The molecule has 1 heterocycles. The number of rotatable bonds is 2. The van der Waals surface area contributed by atoms with Crippen LogP contribution in [0.4, 0.5) is 0 Å². The Balaban J connectivity index is 2.33. The number of phenols is 1. The normalized spacial score (nSPS) is 10.6. The van der Waals surface area contributed by atoms with E-state index < -0.39 is 5.97 Å². The summed E-state index contributed by atoms with van der Waals surface area (Å²) in [5.74, 6) is -1.02. The third-order valence-corrected chi connectivity index (χ3v) is 2.99. The Morgan fingerprint density at radius 1 is 1.00 bits per heavy atom. The molecule has 0 amide bonds. The lowest BCUT2D eigenvalue weighted by molar-refractivity contribution is 0.0690. The molecule has 0 fully saturated rings. The van der Waals surface area contributed by atoms with E-state index in [0.29, 0.717) is 22.2 Å². The number of benzene rings is 2. The fourth-order valence-corrected chi connectivity index (χ4v) is 2.05. The van der Waals surface area contributed by atoms with Crippen LogP contribution >= 0.6 is 0 Å². The van der Waals surface area contributed by atoms with Crippen LogP contribution < -0.4 is 0 Å². The molecule has 1 aromatic heterocycles. The van der Waals surface area contributed by atoms with Crippen LogP contribution in [0.25, 0.3) is 22.2 Å². The second-order valence-electron chi connectivity index (χ2n) is 4.25. The van der Waals surface area contributed by atoms with E-state index in [2.05, 4.69) is 9.97 Å². The van der Waals surface area contributed by atoms with Crippen LogP contribution in [0.3, 0.4) is 0 Å². The van der Waals surface area contributed by atoms with E-state index in [4.69, 9.17) is 5.11 Å². The van der Waals surface area contributed by atoms with Crippen molar-refractivity contribution in [1.29, 1.82) is 0 Å². The maximum absolute atomic E-state index is 11.0. The average Bonchev–Trinajstić information content (AvgIpc) is 2.46. The monoisotopic (exact) mass is 266 g/mol. The highest BCUT2D eigenvalue weighted by atomic mass is 16.4. The van der Waals surface area contributed by atoms with Gasteiger partial charge in [0.2, 0.25) is 0 Å². The van der Waals surface area contributed by atoms with Crippen molar-refractivity contribution >= 4 is 17.0 Å². The first-order valence-corrected chi connectivity index (χ1v) is 5.94. The van der Waals surface area contributed by atoms with Gasteiger partial charge >= 0.3 is 5.97 Å². The molecule has 0 saturated carbocycles. The Morgan fingerprint density at radius 3 is 2.50 bits per heavy atom. The Morgan fingerprint density at radius 2 is 1.75 bits per heavy atom. The van der Waals surface area contributed by atoms with Gasteiger partial charge in [-0.15, -0.1) is 0 Å². The smallest absolute Gasteiger partial charge is 0.356 e. The second-order valence-corrected chi connectivity index (χ2v) is 4.25. The quantitative estimate of drug-likeness (QED) is 0.745. The molecule has 5 nitrogen and oxygen atoms in total. The lowest BCUT2D eigenvalue weighted by atomic mass is 10.0. The van der Waals surface area contributed by atoms with Gasteiger partial charge in [0.15, 0.2) is 5.69 Å². The fourth-order valence-electron chi connectivity index (χ4n) is 2.05. The number of fused-ring (bicyclic) bond motifs is 1. The van der Waals surface area contributed by atoms with E-state index in [1.807, 2.05) is 0 Å². The van der Waals surface area contributed by atoms with Gasteiger partial charge in [-0.05, 0) is 12.1 Å². The number of aromatic carboxylic acids is 1. The Labute approximate surface area is 114 Å². The zero-order valence-corrected chi connectivity index (χ0v) is 10.3. The van der Waals surface area contributed by atoms with Gasteiger partial charge in [0.1, 0.15) is 5.75 Å². The molecule has 2 aromatic carbocycles. The predicted molar refractivity (Wildman–Crippen MR) is 73.6 cm³/mol. The first-order chi connectivity index (χ1) is 9.66. The Kier molecular flexibility index (Phi) is 2.80. The molecule has 0 aliphatic rings. The van der Waals surface area contributed by atoms with E-state index in [-0.39, 0.29) is 11.4 Å².